The van der Waals surface area contributed by atoms with Crippen LogP contribution in [0.2, 0.25) is 0 Å². The number of carbonyl (C=O) groups excluding carboxylic acids is 1. The molecular formula is C24H27N3O2. The van der Waals surface area contributed by atoms with Crippen molar-refractivity contribution >= 4 is 16.8 Å². The van der Waals surface area contributed by atoms with E-state index in [0.717, 1.165) is 52.2 Å². The van der Waals surface area contributed by atoms with E-state index in [4.69, 9.17) is 4.74 Å². The quantitative estimate of drug-likeness (QED) is 0.741. The highest BCUT2D eigenvalue weighted by Gasteiger charge is 2.30. The zero-order valence-electron chi connectivity index (χ0n) is 16.6. The third-order valence-corrected chi connectivity index (χ3v) is 6.15. The van der Waals surface area contributed by atoms with E-state index in [1.165, 1.54) is 27.7 Å². The number of nitrogens with one attached hydrogen (secondary N) is 1. The Morgan fingerprint density at radius 3 is 2.52 bits per heavy atom. The highest BCUT2D eigenvalue weighted by Crippen LogP contribution is 2.31. The molecule has 29 heavy (non-hydrogen) atoms. The van der Waals surface area contributed by atoms with Crippen molar-refractivity contribution in [3.05, 3.63) is 60.2 Å². The maximum absolute atomic E-state index is 12.6. The lowest BCUT2D eigenvalue weighted by molar-refractivity contribution is -0.142. The van der Waals surface area contributed by atoms with Gasteiger partial charge in [0.15, 0.2) is 0 Å². The van der Waals surface area contributed by atoms with Crippen molar-refractivity contribution < 1.29 is 9.53 Å². The first-order chi connectivity index (χ1) is 14.3. The number of carbonyl (C=O) groups is 1. The summed E-state index contributed by atoms with van der Waals surface area (Å²) >= 11 is 0. The number of hydrogen-bond donors (Lipinski definition) is 1. The molecular weight excluding hydrogens is 362 g/mol. The number of aromatic amines is 1. The summed E-state index contributed by atoms with van der Waals surface area (Å²) < 4.78 is 5.58. The van der Waals surface area contributed by atoms with Crippen molar-refractivity contribution in [1.29, 1.82) is 0 Å². The Kier molecular flexibility index (Phi) is 5.08. The van der Waals surface area contributed by atoms with Crippen LogP contribution in [0.25, 0.3) is 22.2 Å². The number of para-hydroxylation sites is 1. The number of amides is 1. The summed E-state index contributed by atoms with van der Waals surface area (Å²) in [5.74, 6) is 0.180. The van der Waals surface area contributed by atoms with Gasteiger partial charge in [0.05, 0.1) is 5.69 Å². The third kappa shape index (κ3) is 3.68. The summed E-state index contributed by atoms with van der Waals surface area (Å²) in [4.78, 5) is 20.7. The van der Waals surface area contributed by atoms with Gasteiger partial charge in [0, 0.05) is 50.2 Å². The molecule has 1 atom stereocenters. The largest absolute Gasteiger partial charge is 0.368 e. The predicted molar refractivity (Wildman–Crippen MR) is 115 cm³/mol. The van der Waals surface area contributed by atoms with Gasteiger partial charge in [0.1, 0.15) is 6.10 Å². The van der Waals surface area contributed by atoms with Crippen LogP contribution in [0.5, 0.6) is 0 Å². The van der Waals surface area contributed by atoms with Gasteiger partial charge in [-0.2, -0.15) is 0 Å². The van der Waals surface area contributed by atoms with Gasteiger partial charge in [0.25, 0.3) is 5.91 Å². The number of piperazine rings is 1. The average molecular weight is 389 g/mol. The van der Waals surface area contributed by atoms with Crippen LogP contribution in [0.4, 0.5) is 0 Å². The van der Waals surface area contributed by atoms with E-state index >= 15 is 0 Å². The second-order valence-corrected chi connectivity index (χ2v) is 7.99. The third-order valence-electron chi connectivity index (χ3n) is 6.15. The Balaban J connectivity index is 1.34. The topological polar surface area (TPSA) is 48.6 Å². The molecule has 2 fully saturated rings. The molecule has 5 heteroatoms. The first-order valence-electron chi connectivity index (χ1n) is 10.6. The fourth-order valence-electron chi connectivity index (χ4n) is 4.54. The van der Waals surface area contributed by atoms with Crippen LogP contribution in [0.3, 0.4) is 0 Å². The number of benzene rings is 2. The van der Waals surface area contributed by atoms with E-state index in [-0.39, 0.29) is 12.0 Å². The Labute approximate surface area is 171 Å². The molecule has 1 aromatic heterocycles. The molecule has 2 aliphatic heterocycles. The SMILES string of the molecule is O=C([C@H]1CCCO1)N1CCN(Cc2c(-c3ccccc3)[nH]c3ccccc23)CC1. The summed E-state index contributed by atoms with van der Waals surface area (Å²) in [5.41, 5.74) is 4.93. The van der Waals surface area contributed by atoms with Crippen LogP contribution >= 0.6 is 0 Å². The summed E-state index contributed by atoms with van der Waals surface area (Å²) in [7, 11) is 0. The molecule has 150 valence electrons. The zero-order chi connectivity index (χ0) is 19.6. The molecule has 2 aliphatic rings. The summed E-state index contributed by atoms with van der Waals surface area (Å²) in [6, 6.07) is 19.1. The maximum atomic E-state index is 12.6. The fraction of sp³-hybridized carbons (Fsp3) is 0.375. The Morgan fingerprint density at radius 1 is 1.00 bits per heavy atom. The highest BCUT2D eigenvalue weighted by molar-refractivity contribution is 5.90. The van der Waals surface area contributed by atoms with E-state index in [0.29, 0.717) is 0 Å². The van der Waals surface area contributed by atoms with Gasteiger partial charge < -0.3 is 14.6 Å². The number of nitrogens with zero attached hydrogens (tertiary/aromatic N) is 2. The molecule has 0 spiro atoms. The molecule has 2 saturated heterocycles. The average Bonchev–Trinajstić information content (AvgIpc) is 3.43. The molecule has 0 bridgehead atoms. The summed E-state index contributed by atoms with van der Waals surface area (Å²) in [6.45, 7) is 4.96. The van der Waals surface area contributed by atoms with Crippen LogP contribution in [-0.4, -0.2) is 59.6 Å². The van der Waals surface area contributed by atoms with Crippen molar-refractivity contribution in [3.8, 4) is 11.3 Å². The van der Waals surface area contributed by atoms with Gasteiger partial charge in [-0.15, -0.1) is 0 Å². The lowest BCUT2D eigenvalue weighted by Crippen LogP contribution is -2.51. The maximum Gasteiger partial charge on any atom is 0.251 e. The van der Waals surface area contributed by atoms with Crippen LogP contribution < -0.4 is 0 Å². The number of fused-ring (bicyclic) bond motifs is 1. The second-order valence-electron chi connectivity index (χ2n) is 7.99. The number of H-pyrrole nitrogens is 1. The van der Waals surface area contributed by atoms with E-state index in [1.54, 1.807) is 0 Å². The van der Waals surface area contributed by atoms with Crippen LogP contribution in [0.1, 0.15) is 18.4 Å². The van der Waals surface area contributed by atoms with Gasteiger partial charge in [0.2, 0.25) is 0 Å². The van der Waals surface area contributed by atoms with Gasteiger partial charge in [-0.1, -0.05) is 48.5 Å². The lowest BCUT2D eigenvalue weighted by atomic mass is 10.0. The molecule has 0 radical (unpaired) electrons. The first-order valence-corrected chi connectivity index (χ1v) is 10.6. The van der Waals surface area contributed by atoms with Crippen LogP contribution in [0.15, 0.2) is 54.6 Å². The van der Waals surface area contributed by atoms with Crippen molar-refractivity contribution in [3.63, 3.8) is 0 Å². The number of rotatable bonds is 4. The Hall–Kier alpha value is -2.63. The molecule has 0 unspecified atom stereocenters. The number of aromatic nitrogens is 1. The minimum atomic E-state index is -0.208. The van der Waals surface area contributed by atoms with E-state index < -0.39 is 0 Å². The first kappa shape index (κ1) is 18.4. The Morgan fingerprint density at radius 2 is 1.76 bits per heavy atom. The Bertz CT molecular complexity index is 984. The van der Waals surface area contributed by atoms with Gasteiger partial charge in [-0.25, -0.2) is 0 Å². The van der Waals surface area contributed by atoms with Crippen molar-refractivity contribution in [2.24, 2.45) is 0 Å². The molecule has 1 amide bonds. The molecule has 3 heterocycles. The highest BCUT2D eigenvalue weighted by atomic mass is 16.5. The normalized spacial score (nSPS) is 20.4. The van der Waals surface area contributed by atoms with Crippen LogP contribution in [0, 0.1) is 0 Å². The molecule has 2 aromatic carbocycles. The molecule has 1 N–H and O–H groups in total. The predicted octanol–water partition coefficient (Wildman–Crippen LogP) is 3.66. The van der Waals surface area contributed by atoms with Crippen LogP contribution in [-0.2, 0) is 16.1 Å². The van der Waals surface area contributed by atoms with Crippen molar-refractivity contribution in [1.82, 2.24) is 14.8 Å². The van der Waals surface area contributed by atoms with Gasteiger partial charge in [-0.3, -0.25) is 9.69 Å². The molecule has 0 saturated carbocycles. The number of ether oxygens (including phenoxy) is 1. The fourth-order valence-corrected chi connectivity index (χ4v) is 4.54. The molecule has 5 rings (SSSR count). The summed E-state index contributed by atoms with van der Waals surface area (Å²) in [5, 5.41) is 1.28. The van der Waals surface area contributed by atoms with E-state index in [9.17, 15) is 4.79 Å². The van der Waals surface area contributed by atoms with E-state index in [2.05, 4.69) is 64.5 Å². The van der Waals surface area contributed by atoms with Gasteiger partial charge in [-0.05, 0) is 30.0 Å². The molecule has 5 nitrogen and oxygen atoms in total. The monoisotopic (exact) mass is 389 g/mol. The minimum Gasteiger partial charge on any atom is -0.368 e. The van der Waals surface area contributed by atoms with E-state index in [1.807, 2.05) is 4.90 Å². The smallest absolute Gasteiger partial charge is 0.251 e. The molecule has 0 aliphatic carbocycles. The number of hydrogen-bond acceptors (Lipinski definition) is 3. The standard InChI is InChI=1S/C24H27N3O2/c28-24(22-11-6-16-29-22)27-14-12-26(13-15-27)17-20-19-9-4-5-10-21(19)25-23(20)18-7-2-1-3-8-18/h1-5,7-10,22,25H,6,11-17H2/t22-/m1/s1. The second kappa shape index (κ2) is 8.01. The van der Waals surface area contributed by atoms with Crippen molar-refractivity contribution in [2.75, 3.05) is 32.8 Å². The van der Waals surface area contributed by atoms with Crippen molar-refractivity contribution in [2.45, 2.75) is 25.5 Å². The zero-order valence-corrected chi connectivity index (χ0v) is 16.6. The lowest BCUT2D eigenvalue weighted by Gasteiger charge is -2.35. The molecule has 3 aromatic rings. The van der Waals surface area contributed by atoms with Gasteiger partial charge >= 0.3 is 0 Å². The minimum absolute atomic E-state index is 0.180. The summed E-state index contributed by atoms with van der Waals surface area (Å²) in [6.07, 6.45) is 1.66.